The van der Waals surface area contributed by atoms with E-state index in [1.54, 1.807) is 19.1 Å². The number of nitrogens with zero attached hydrogens (tertiary/aromatic N) is 2. The predicted molar refractivity (Wildman–Crippen MR) is 67.4 cm³/mol. The van der Waals surface area contributed by atoms with Crippen molar-refractivity contribution in [1.29, 1.82) is 0 Å². The molecule has 2 bridgehead atoms. The number of aryl methyl sites for hydroxylation is 1. The Bertz CT molecular complexity index is 300. The van der Waals surface area contributed by atoms with E-state index in [0.717, 1.165) is 5.56 Å². The first-order valence-corrected chi connectivity index (χ1v) is 6.08. The molecular weight excluding hydrogens is 216 g/mol. The van der Waals surface area contributed by atoms with Crippen LogP contribution in [0.25, 0.3) is 0 Å². The van der Waals surface area contributed by atoms with Crippen LogP contribution in [0.1, 0.15) is 5.56 Å². The van der Waals surface area contributed by atoms with Gasteiger partial charge in [-0.3, -0.25) is 9.80 Å². The molecule has 4 rings (SSSR count). The van der Waals surface area contributed by atoms with Gasteiger partial charge in [0.05, 0.1) is 0 Å². The first-order chi connectivity index (χ1) is 8.13. The monoisotopic (exact) mass is 236 g/mol. The van der Waals surface area contributed by atoms with Gasteiger partial charge in [0.1, 0.15) is 11.5 Å². The van der Waals surface area contributed by atoms with Gasteiger partial charge in [0.15, 0.2) is 0 Å². The van der Waals surface area contributed by atoms with Gasteiger partial charge < -0.3 is 10.2 Å². The molecule has 0 aliphatic carbocycles. The Labute approximate surface area is 102 Å². The second-order valence-electron chi connectivity index (χ2n) is 4.71. The molecule has 1 aromatic carbocycles. The minimum Gasteiger partial charge on any atom is -0.508 e. The molecule has 17 heavy (non-hydrogen) atoms. The molecule has 3 saturated heterocycles. The Morgan fingerprint density at radius 3 is 1.35 bits per heavy atom. The summed E-state index contributed by atoms with van der Waals surface area (Å²) < 4.78 is 0. The van der Waals surface area contributed by atoms with Gasteiger partial charge in [-0.25, -0.2) is 0 Å². The lowest BCUT2D eigenvalue weighted by atomic mass is 10.2. The summed E-state index contributed by atoms with van der Waals surface area (Å²) in [6.07, 6.45) is 0. The molecule has 3 aliphatic heterocycles. The summed E-state index contributed by atoms with van der Waals surface area (Å²) in [5.74, 6) is 0.208. The number of fused-ring (bicyclic) bond motifs is 3. The van der Waals surface area contributed by atoms with Crippen LogP contribution in [0.4, 0.5) is 0 Å². The number of rotatable bonds is 0. The largest absolute Gasteiger partial charge is 0.508 e. The van der Waals surface area contributed by atoms with Crippen LogP contribution in [0.2, 0.25) is 0 Å². The van der Waals surface area contributed by atoms with E-state index in [1.807, 2.05) is 0 Å². The number of benzene rings is 1. The Morgan fingerprint density at radius 1 is 0.765 bits per heavy atom. The zero-order valence-electron chi connectivity index (χ0n) is 10.3. The second-order valence-corrected chi connectivity index (χ2v) is 4.71. The maximum Gasteiger partial charge on any atom is 0.119 e. The molecule has 4 nitrogen and oxygen atoms in total. The standard InChI is InChI=1S/C7H8O2.C6H12N2/c1-5-2-6(8)4-7(9)3-5;1-2-8-5-3-7(1)4-6-8/h2-4,8-9H,1H3;1-6H2. The fourth-order valence-electron chi connectivity index (χ4n) is 2.26. The summed E-state index contributed by atoms with van der Waals surface area (Å²) in [5, 5.41) is 17.7. The van der Waals surface area contributed by atoms with Crippen molar-refractivity contribution in [3.63, 3.8) is 0 Å². The molecule has 3 aliphatic rings. The van der Waals surface area contributed by atoms with Crippen molar-refractivity contribution in [2.24, 2.45) is 0 Å². The van der Waals surface area contributed by atoms with Crippen LogP contribution in [0, 0.1) is 6.92 Å². The van der Waals surface area contributed by atoms with Crippen LogP contribution in [-0.4, -0.2) is 59.3 Å². The van der Waals surface area contributed by atoms with E-state index in [-0.39, 0.29) is 11.5 Å². The van der Waals surface area contributed by atoms with Crippen molar-refractivity contribution < 1.29 is 10.2 Å². The van der Waals surface area contributed by atoms with E-state index in [4.69, 9.17) is 10.2 Å². The highest BCUT2D eigenvalue weighted by atomic mass is 16.3. The molecule has 2 N–H and O–H groups in total. The molecule has 0 amide bonds. The van der Waals surface area contributed by atoms with Crippen LogP contribution in [-0.2, 0) is 0 Å². The van der Waals surface area contributed by atoms with Gasteiger partial charge >= 0.3 is 0 Å². The highest BCUT2D eigenvalue weighted by Crippen LogP contribution is 2.18. The summed E-state index contributed by atoms with van der Waals surface area (Å²) in [6.45, 7) is 9.72. The lowest BCUT2D eigenvalue weighted by Gasteiger charge is -2.41. The smallest absolute Gasteiger partial charge is 0.119 e. The van der Waals surface area contributed by atoms with Gasteiger partial charge in [-0.05, 0) is 24.6 Å². The molecule has 1 aromatic rings. The average molecular weight is 236 g/mol. The molecule has 0 aromatic heterocycles. The van der Waals surface area contributed by atoms with Gasteiger partial charge in [-0.2, -0.15) is 0 Å². The fraction of sp³-hybridized carbons (Fsp3) is 0.538. The van der Waals surface area contributed by atoms with E-state index in [0.29, 0.717) is 0 Å². The summed E-state index contributed by atoms with van der Waals surface area (Å²) >= 11 is 0. The van der Waals surface area contributed by atoms with Gasteiger partial charge in [-0.1, -0.05) is 0 Å². The van der Waals surface area contributed by atoms with Crippen molar-refractivity contribution >= 4 is 0 Å². The van der Waals surface area contributed by atoms with Crippen molar-refractivity contribution in [2.75, 3.05) is 39.3 Å². The third-order valence-electron chi connectivity index (χ3n) is 3.24. The third-order valence-corrected chi connectivity index (χ3v) is 3.24. The predicted octanol–water partition coefficient (Wildman–Crippen LogP) is 1.02. The number of phenols is 2. The number of piperazine rings is 3. The van der Waals surface area contributed by atoms with Gasteiger partial charge in [0, 0.05) is 45.3 Å². The normalized spacial score (nSPS) is 26.2. The minimum absolute atomic E-state index is 0.104. The fourth-order valence-corrected chi connectivity index (χ4v) is 2.26. The third kappa shape index (κ3) is 3.61. The highest BCUT2D eigenvalue weighted by Gasteiger charge is 2.21. The van der Waals surface area contributed by atoms with Crippen LogP contribution < -0.4 is 0 Å². The number of hydrogen-bond donors (Lipinski definition) is 2. The van der Waals surface area contributed by atoms with E-state index in [1.165, 1.54) is 45.3 Å². The molecular formula is C13H20N2O2. The average Bonchev–Trinajstić information content (AvgIpc) is 2.30. The zero-order chi connectivity index (χ0) is 12.3. The molecule has 4 heteroatoms. The summed E-state index contributed by atoms with van der Waals surface area (Å²) in [6, 6.07) is 4.46. The quantitative estimate of drug-likeness (QED) is 0.706. The SMILES string of the molecule is C1CN2CCN1CC2.Cc1cc(O)cc(O)c1. The molecule has 3 heterocycles. The van der Waals surface area contributed by atoms with Crippen LogP contribution in [0.15, 0.2) is 18.2 Å². The van der Waals surface area contributed by atoms with E-state index in [9.17, 15) is 0 Å². The van der Waals surface area contributed by atoms with Crippen molar-refractivity contribution in [1.82, 2.24) is 9.80 Å². The molecule has 0 spiro atoms. The zero-order valence-corrected chi connectivity index (χ0v) is 10.3. The molecule has 3 fully saturated rings. The van der Waals surface area contributed by atoms with Crippen LogP contribution >= 0.6 is 0 Å². The van der Waals surface area contributed by atoms with E-state index >= 15 is 0 Å². The van der Waals surface area contributed by atoms with Gasteiger partial charge in [0.25, 0.3) is 0 Å². The van der Waals surface area contributed by atoms with Crippen LogP contribution in [0.3, 0.4) is 0 Å². The lowest BCUT2D eigenvalue weighted by molar-refractivity contribution is 0.0647. The summed E-state index contributed by atoms with van der Waals surface area (Å²) in [7, 11) is 0. The first-order valence-electron chi connectivity index (χ1n) is 6.08. The maximum atomic E-state index is 8.83. The lowest BCUT2D eigenvalue weighted by Crippen LogP contribution is -2.55. The number of hydrogen-bond acceptors (Lipinski definition) is 4. The van der Waals surface area contributed by atoms with Crippen molar-refractivity contribution in [3.05, 3.63) is 23.8 Å². The van der Waals surface area contributed by atoms with E-state index < -0.39 is 0 Å². The summed E-state index contributed by atoms with van der Waals surface area (Å²) in [4.78, 5) is 5.08. The maximum absolute atomic E-state index is 8.83. The molecule has 0 unspecified atom stereocenters. The molecule has 0 radical (unpaired) electrons. The molecule has 94 valence electrons. The Morgan fingerprint density at radius 2 is 1.12 bits per heavy atom. The Kier molecular flexibility index (Phi) is 3.86. The van der Waals surface area contributed by atoms with Crippen LogP contribution in [0.5, 0.6) is 11.5 Å². The number of phenolic OH excluding ortho intramolecular Hbond substituents is 2. The first kappa shape index (κ1) is 12.2. The van der Waals surface area contributed by atoms with Crippen molar-refractivity contribution in [3.8, 4) is 11.5 Å². The summed E-state index contributed by atoms with van der Waals surface area (Å²) in [5.41, 5.74) is 0.854. The highest BCUT2D eigenvalue weighted by molar-refractivity contribution is 5.35. The van der Waals surface area contributed by atoms with E-state index in [2.05, 4.69) is 9.80 Å². The minimum atomic E-state index is 0.104. The topological polar surface area (TPSA) is 46.9 Å². The Balaban J connectivity index is 0.000000127. The Hall–Kier alpha value is -1.26. The number of aromatic hydroxyl groups is 2. The van der Waals surface area contributed by atoms with Gasteiger partial charge in [-0.15, -0.1) is 0 Å². The molecule has 0 saturated carbocycles. The van der Waals surface area contributed by atoms with Gasteiger partial charge in [0.2, 0.25) is 0 Å². The molecule has 0 atom stereocenters. The van der Waals surface area contributed by atoms with Crippen molar-refractivity contribution in [2.45, 2.75) is 6.92 Å². The second kappa shape index (κ2) is 5.38.